The highest BCUT2D eigenvalue weighted by Gasteiger charge is 2.26. The van der Waals surface area contributed by atoms with Crippen molar-refractivity contribution in [3.05, 3.63) is 35.9 Å². The zero-order valence-corrected chi connectivity index (χ0v) is 10.7. The fourth-order valence-electron chi connectivity index (χ4n) is 2.61. The summed E-state index contributed by atoms with van der Waals surface area (Å²) in [6, 6.07) is 10.2. The number of nitrogens with zero attached hydrogens (tertiary/aromatic N) is 1. The summed E-state index contributed by atoms with van der Waals surface area (Å²) in [7, 11) is 0. The van der Waals surface area contributed by atoms with Crippen molar-refractivity contribution in [2.75, 3.05) is 19.7 Å². The lowest BCUT2D eigenvalue weighted by Gasteiger charge is -2.24. The Hall–Kier alpha value is -1.19. The fraction of sp³-hybridized carbons (Fsp3) is 0.533. The number of Topliss-reactive ketones (excluding diaryl/α,β-unsaturated/α-hetero) is 1. The first-order valence-electron chi connectivity index (χ1n) is 6.69. The molecule has 0 amide bonds. The molecule has 1 atom stereocenters. The van der Waals surface area contributed by atoms with Gasteiger partial charge in [0.25, 0.3) is 0 Å². The molecule has 0 spiro atoms. The van der Waals surface area contributed by atoms with Gasteiger partial charge in [-0.15, -0.1) is 0 Å². The summed E-state index contributed by atoms with van der Waals surface area (Å²) in [5.41, 5.74) is 1.23. The Bertz CT molecular complexity index is 377. The molecule has 0 bridgehead atoms. The Kier molecular flexibility index (Phi) is 4.90. The number of ketones is 1. The maximum absolute atomic E-state index is 11.7. The Morgan fingerprint density at radius 3 is 2.67 bits per heavy atom. The van der Waals surface area contributed by atoms with E-state index in [0.717, 1.165) is 32.4 Å². The van der Waals surface area contributed by atoms with Gasteiger partial charge in [0.05, 0.1) is 6.61 Å². The summed E-state index contributed by atoms with van der Waals surface area (Å²) in [6.45, 7) is 2.38. The van der Waals surface area contributed by atoms with E-state index < -0.39 is 0 Å². The first-order valence-corrected chi connectivity index (χ1v) is 6.69. The minimum absolute atomic E-state index is 0.147. The second kappa shape index (κ2) is 6.66. The van der Waals surface area contributed by atoms with Crippen LogP contribution in [0.1, 0.15) is 24.8 Å². The summed E-state index contributed by atoms with van der Waals surface area (Å²) in [5, 5.41) is 9.13. The van der Waals surface area contributed by atoms with E-state index in [0.29, 0.717) is 12.3 Å². The average Bonchev–Trinajstić information content (AvgIpc) is 2.77. The van der Waals surface area contributed by atoms with Crippen LogP contribution in [0.2, 0.25) is 0 Å². The van der Waals surface area contributed by atoms with Crippen LogP contribution in [0.3, 0.4) is 0 Å². The molecule has 1 unspecified atom stereocenters. The van der Waals surface area contributed by atoms with Gasteiger partial charge in [-0.05, 0) is 18.4 Å². The quantitative estimate of drug-likeness (QED) is 0.834. The summed E-state index contributed by atoms with van der Waals surface area (Å²) in [6.07, 6.45) is 2.78. The van der Waals surface area contributed by atoms with E-state index in [1.54, 1.807) is 0 Å². The Balaban J connectivity index is 1.93. The largest absolute Gasteiger partial charge is 0.395 e. The van der Waals surface area contributed by atoms with Gasteiger partial charge >= 0.3 is 0 Å². The SMILES string of the molecule is O=C1CCCC1CN(CCO)Cc1ccccc1. The zero-order chi connectivity index (χ0) is 12.8. The van der Waals surface area contributed by atoms with Crippen LogP contribution in [0, 0.1) is 5.92 Å². The predicted molar refractivity (Wildman–Crippen MR) is 71.2 cm³/mol. The van der Waals surface area contributed by atoms with Crippen LogP contribution in [0.25, 0.3) is 0 Å². The zero-order valence-electron chi connectivity index (χ0n) is 10.7. The highest BCUT2D eigenvalue weighted by Crippen LogP contribution is 2.22. The van der Waals surface area contributed by atoms with Crippen molar-refractivity contribution < 1.29 is 9.90 Å². The van der Waals surface area contributed by atoms with Crippen molar-refractivity contribution in [2.24, 2.45) is 5.92 Å². The third kappa shape index (κ3) is 3.65. The molecule has 0 radical (unpaired) electrons. The van der Waals surface area contributed by atoms with Crippen molar-refractivity contribution >= 4 is 5.78 Å². The van der Waals surface area contributed by atoms with E-state index in [2.05, 4.69) is 17.0 Å². The highest BCUT2D eigenvalue weighted by molar-refractivity contribution is 5.83. The van der Waals surface area contributed by atoms with E-state index in [1.165, 1.54) is 5.56 Å². The van der Waals surface area contributed by atoms with Gasteiger partial charge in [-0.2, -0.15) is 0 Å². The molecule has 1 saturated carbocycles. The fourth-order valence-corrected chi connectivity index (χ4v) is 2.61. The number of aliphatic hydroxyl groups is 1. The lowest BCUT2D eigenvalue weighted by atomic mass is 10.1. The molecule has 0 aromatic heterocycles. The van der Waals surface area contributed by atoms with Gasteiger partial charge in [0.2, 0.25) is 0 Å². The topological polar surface area (TPSA) is 40.5 Å². The number of aliphatic hydroxyl groups excluding tert-OH is 1. The number of rotatable bonds is 6. The predicted octanol–water partition coefficient (Wildman–Crippen LogP) is 1.85. The number of carbonyl (C=O) groups excluding carboxylic acids is 1. The molecule has 1 aliphatic carbocycles. The van der Waals surface area contributed by atoms with E-state index in [9.17, 15) is 4.79 Å². The molecule has 1 N–H and O–H groups in total. The second-order valence-electron chi connectivity index (χ2n) is 5.00. The molecule has 1 aliphatic rings. The van der Waals surface area contributed by atoms with E-state index in [1.807, 2.05) is 18.2 Å². The van der Waals surface area contributed by atoms with Crippen LogP contribution in [0.5, 0.6) is 0 Å². The Morgan fingerprint density at radius 1 is 1.28 bits per heavy atom. The average molecular weight is 247 g/mol. The Morgan fingerprint density at radius 2 is 2.06 bits per heavy atom. The molecule has 1 fully saturated rings. The lowest BCUT2D eigenvalue weighted by molar-refractivity contribution is -0.121. The molecule has 2 rings (SSSR count). The minimum Gasteiger partial charge on any atom is -0.395 e. The molecule has 3 nitrogen and oxygen atoms in total. The molecular weight excluding hydrogens is 226 g/mol. The number of carbonyl (C=O) groups is 1. The first-order chi connectivity index (χ1) is 8.79. The molecular formula is C15H21NO2. The highest BCUT2D eigenvalue weighted by atomic mass is 16.3. The third-order valence-electron chi connectivity index (χ3n) is 3.57. The van der Waals surface area contributed by atoms with Crippen LogP contribution in [-0.2, 0) is 11.3 Å². The lowest BCUT2D eigenvalue weighted by Crippen LogP contribution is -2.33. The summed E-state index contributed by atoms with van der Waals surface area (Å²) < 4.78 is 0. The summed E-state index contributed by atoms with van der Waals surface area (Å²) in [4.78, 5) is 13.9. The molecule has 1 aromatic rings. The van der Waals surface area contributed by atoms with E-state index in [4.69, 9.17) is 5.11 Å². The maximum Gasteiger partial charge on any atom is 0.137 e. The van der Waals surface area contributed by atoms with Crippen molar-refractivity contribution in [1.82, 2.24) is 4.90 Å². The van der Waals surface area contributed by atoms with Crippen LogP contribution < -0.4 is 0 Å². The van der Waals surface area contributed by atoms with Gasteiger partial charge in [0.1, 0.15) is 5.78 Å². The molecule has 98 valence electrons. The molecule has 0 heterocycles. The van der Waals surface area contributed by atoms with Crippen molar-refractivity contribution in [3.63, 3.8) is 0 Å². The summed E-state index contributed by atoms with van der Waals surface area (Å²) in [5.74, 6) is 0.575. The third-order valence-corrected chi connectivity index (χ3v) is 3.57. The van der Waals surface area contributed by atoms with Gasteiger partial charge in [-0.1, -0.05) is 30.3 Å². The standard InChI is InChI=1S/C15H21NO2/c17-10-9-16(11-13-5-2-1-3-6-13)12-14-7-4-8-15(14)18/h1-3,5-6,14,17H,4,7-12H2. The van der Waals surface area contributed by atoms with Crippen LogP contribution in [0.4, 0.5) is 0 Å². The molecule has 18 heavy (non-hydrogen) atoms. The van der Waals surface area contributed by atoms with Crippen molar-refractivity contribution in [1.29, 1.82) is 0 Å². The number of hydrogen-bond donors (Lipinski definition) is 1. The van der Waals surface area contributed by atoms with Crippen LogP contribution >= 0.6 is 0 Å². The smallest absolute Gasteiger partial charge is 0.137 e. The van der Waals surface area contributed by atoms with Gasteiger partial charge in [-0.3, -0.25) is 9.69 Å². The van der Waals surface area contributed by atoms with Gasteiger partial charge in [0.15, 0.2) is 0 Å². The summed E-state index contributed by atoms with van der Waals surface area (Å²) >= 11 is 0. The number of benzene rings is 1. The molecule has 0 aliphatic heterocycles. The minimum atomic E-state index is 0.147. The van der Waals surface area contributed by atoms with Gasteiger partial charge in [0, 0.05) is 32.0 Å². The second-order valence-corrected chi connectivity index (χ2v) is 5.00. The van der Waals surface area contributed by atoms with Gasteiger partial charge in [-0.25, -0.2) is 0 Å². The molecule has 1 aromatic carbocycles. The normalized spacial score (nSPS) is 19.7. The Labute approximate surface area is 108 Å². The van der Waals surface area contributed by atoms with Gasteiger partial charge < -0.3 is 5.11 Å². The van der Waals surface area contributed by atoms with Crippen molar-refractivity contribution in [3.8, 4) is 0 Å². The monoisotopic (exact) mass is 247 g/mol. The number of hydrogen-bond acceptors (Lipinski definition) is 3. The first kappa shape index (κ1) is 13.2. The molecule has 3 heteroatoms. The van der Waals surface area contributed by atoms with Crippen molar-refractivity contribution in [2.45, 2.75) is 25.8 Å². The van der Waals surface area contributed by atoms with Crippen LogP contribution in [0.15, 0.2) is 30.3 Å². The van der Waals surface area contributed by atoms with E-state index in [-0.39, 0.29) is 12.5 Å². The molecule has 0 saturated heterocycles. The van der Waals surface area contributed by atoms with E-state index >= 15 is 0 Å². The van der Waals surface area contributed by atoms with Crippen LogP contribution in [-0.4, -0.2) is 35.5 Å². The maximum atomic E-state index is 11.7.